The molecule has 10 nitrogen and oxygen atoms in total. The number of amidine groups is 1. The maximum Gasteiger partial charge on any atom is 0.306 e. The first-order valence-electron chi connectivity index (χ1n) is 10.7. The van der Waals surface area contributed by atoms with Crippen LogP contribution >= 0.6 is 0 Å². The molecule has 3 heterocycles. The maximum atomic E-state index is 11.8. The number of nitrogens with two attached hydrogens (primary N) is 1. The van der Waals surface area contributed by atoms with Crippen molar-refractivity contribution in [1.82, 2.24) is 4.90 Å². The molecule has 166 valence electrons. The Bertz CT molecular complexity index is 763. The Hall–Kier alpha value is -1.88. The van der Waals surface area contributed by atoms with Gasteiger partial charge in [-0.2, -0.15) is 0 Å². The number of aliphatic hydroxyl groups excluding tert-OH is 2. The first-order chi connectivity index (χ1) is 14.3. The Labute approximate surface area is 175 Å². The molecule has 0 bridgehead atoms. The molecule has 2 fully saturated rings. The third-order valence-electron chi connectivity index (χ3n) is 6.30. The van der Waals surface area contributed by atoms with E-state index in [1.807, 2.05) is 13.8 Å². The van der Waals surface area contributed by atoms with Crippen LogP contribution in [0.2, 0.25) is 0 Å². The first-order valence-corrected chi connectivity index (χ1v) is 10.7. The summed E-state index contributed by atoms with van der Waals surface area (Å²) in [5.41, 5.74) is 6.36. The lowest BCUT2D eigenvalue weighted by Crippen LogP contribution is -2.58. The molecule has 1 saturated carbocycles. The van der Waals surface area contributed by atoms with Crippen molar-refractivity contribution in [3.05, 3.63) is 0 Å². The van der Waals surface area contributed by atoms with E-state index in [0.717, 1.165) is 25.7 Å². The number of esters is 1. The maximum absolute atomic E-state index is 11.8. The van der Waals surface area contributed by atoms with Gasteiger partial charge in [0.15, 0.2) is 17.7 Å². The number of aliphatic hydroxyl groups is 2. The molecule has 5 atom stereocenters. The molecule has 0 spiro atoms. The van der Waals surface area contributed by atoms with Crippen LogP contribution in [0.4, 0.5) is 0 Å². The van der Waals surface area contributed by atoms with E-state index < -0.39 is 30.2 Å². The zero-order chi connectivity index (χ0) is 21.5. The van der Waals surface area contributed by atoms with Gasteiger partial charge in [-0.05, 0) is 18.8 Å². The molecular weight excluding hydrogens is 390 g/mol. The van der Waals surface area contributed by atoms with Gasteiger partial charge in [-0.3, -0.25) is 9.79 Å². The van der Waals surface area contributed by atoms with E-state index in [4.69, 9.17) is 15.2 Å². The average molecular weight is 421 g/mol. The van der Waals surface area contributed by atoms with Gasteiger partial charge < -0.3 is 30.3 Å². The standard InChI is InChI=1S/C20H31N5O5/c1-11(2)7-14(26)29-8-13-15(27)16(28)19(30-13)25-10-23-17-18(25)22-9-24-20(17,21)12-5-3-4-6-12/h9,11-13,15-16,19,27-28H,3-8,10,21H2,1-2H3/t13-,15-,16-,19-,20?/m1/s1. The third kappa shape index (κ3) is 3.77. The highest BCUT2D eigenvalue weighted by Crippen LogP contribution is 2.38. The minimum atomic E-state index is -1.20. The minimum absolute atomic E-state index is 0.126. The number of hydrogen-bond donors (Lipinski definition) is 3. The molecule has 0 aromatic heterocycles. The smallest absolute Gasteiger partial charge is 0.306 e. The van der Waals surface area contributed by atoms with Crippen molar-refractivity contribution in [2.24, 2.45) is 32.5 Å². The highest BCUT2D eigenvalue weighted by atomic mass is 16.6. The van der Waals surface area contributed by atoms with Crippen LogP contribution < -0.4 is 5.73 Å². The zero-order valence-corrected chi connectivity index (χ0v) is 17.5. The second kappa shape index (κ2) is 8.33. The van der Waals surface area contributed by atoms with E-state index in [1.165, 1.54) is 6.34 Å². The summed E-state index contributed by atoms with van der Waals surface area (Å²) in [6.07, 6.45) is 1.87. The van der Waals surface area contributed by atoms with Crippen LogP contribution in [-0.2, 0) is 14.3 Å². The number of nitrogens with zero attached hydrogens (tertiary/aromatic N) is 4. The number of aliphatic imine (C=N–C) groups is 3. The summed E-state index contributed by atoms with van der Waals surface area (Å²) >= 11 is 0. The number of carbonyl (C=O) groups excluding carboxylic acids is 1. The van der Waals surface area contributed by atoms with Crippen LogP contribution in [0, 0.1) is 11.8 Å². The largest absolute Gasteiger partial charge is 0.463 e. The molecule has 4 aliphatic rings. The van der Waals surface area contributed by atoms with E-state index in [1.54, 1.807) is 4.90 Å². The van der Waals surface area contributed by atoms with Crippen molar-refractivity contribution in [2.45, 2.75) is 76.2 Å². The molecule has 0 amide bonds. The van der Waals surface area contributed by atoms with Gasteiger partial charge in [0.05, 0.1) is 0 Å². The Morgan fingerprint density at radius 3 is 2.80 bits per heavy atom. The Kier molecular flexibility index (Phi) is 5.93. The van der Waals surface area contributed by atoms with Gasteiger partial charge in [0.2, 0.25) is 0 Å². The lowest BCUT2D eigenvalue weighted by atomic mass is 9.86. The van der Waals surface area contributed by atoms with Gasteiger partial charge in [0.1, 0.15) is 43.6 Å². The van der Waals surface area contributed by atoms with Crippen molar-refractivity contribution in [3.63, 3.8) is 0 Å². The summed E-state index contributed by atoms with van der Waals surface area (Å²) in [5, 5.41) is 21.0. The summed E-state index contributed by atoms with van der Waals surface area (Å²) in [6.45, 7) is 3.92. The lowest BCUT2D eigenvalue weighted by molar-refractivity contribution is -0.151. The second-order valence-electron chi connectivity index (χ2n) is 8.95. The van der Waals surface area contributed by atoms with Crippen molar-refractivity contribution in [2.75, 3.05) is 13.3 Å². The quantitative estimate of drug-likeness (QED) is 0.513. The molecule has 0 aromatic carbocycles. The molecule has 1 unspecified atom stereocenters. The van der Waals surface area contributed by atoms with Crippen LogP contribution in [0.3, 0.4) is 0 Å². The van der Waals surface area contributed by atoms with Crippen molar-refractivity contribution in [3.8, 4) is 0 Å². The minimum Gasteiger partial charge on any atom is -0.463 e. The van der Waals surface area contributed by atoms with E-state index >= 15 is 0 Å². The number of rotatable bonds is 6. The van der Waals surface area contributed by atoms with Gasteiger partial charge in [0, 0.05) is 12.3 Å². The van der Waals surface area contributed by atoms with Crippen molar-refractivity contribution in [1.29, 1.82) is 0 Å². The van der Waals surface area contributed by atoms with Crippen LogP contribution in [0.25, 0.3) is 0 Å². The molecule has 4 N–H and O–H groups in total. The average Bonchev–Trinajstić information content (AvgIpc) is 3.42. The summed E-state index contributed by atoms with van der Waals surface area (Å²) in [5.74, 6) is 0.537. The van der Waals surface area contributed by atoms with Gasteiger partial charge >= 0.3 is 5.97 Å². The monoisotopic (exact) mass is 421 g/mol. The van der Waals surface area contributed by atoms with Crippen LogP contribution in [-0.4, -0.2) is 82.4 Å². The summed E-state index contributed by atoms with van der Waals surface area (Å²) in [6, 6.07) is 0. The summed E-state index contributed by atoms with van der Waals surface area (Å²) in [4.78, 5) is 26.9. The predicted octanol–water partition coefficient (Wildman–Crippen LogP) is 0.0221. The summed E-state index contributed by atoms with van der Waals surface area (Å²) in [7, 11) is 0. The normalized spacial score (nSPS) is 36.3. The Morgan fingerprint density at radius 1 is 1.37 bits per heavy atom. The van der Waals surface area contributed by atoms with Crippen molar-refractivity contribution < 1.29 is 24.5 Å². The molecule has 1 aliphatic carbocycles. The molecule has 3 aliphatic heterocycles. The van der Waals surface area contributed by atoms with Gasteiger partial charge in [-0.1, -0.05) is 26.7 Å². The third-order valence-corrected chi connectivity index (χ3v) is 6.30. The Morgan fingerprint density at radius 2 is 2.10 bits per heavy atom. The van der Waals surface area contributed by atoms with Crippen LogP contribution in [0.5, 0.6) is 0 Å². The van der Waals surface area contributed by atoms with Crippen LogP contribution in [0.1, 0.15) is 46.0 Å². The molecule has 30 heavy (non-hydrogen) atoms. The zero-order valence-electron chi connectivity index (χ0n) is 17.5. The van der Waals surface area contributed by atoms with E-state index in [-0.39, 0.29) is 37.5 Å². The van der Waals surface area contributed by atoms with E-state index in [9.17, 15) is 15.0 Å². The molecule has 10 heteroatoms. The van der Waals surface area contributed by atoms with Crippen molar-refractivity contribution >= 4 is 23.9 Å². The highest BCUT2D eigenvalue weighted by Gasteiger charge is 2.52. The van der Waals surface area contributed by atoms with E-state index in [2.05, 4.69) is 15.0 Å². The number of carbonyl (C=O) groups is 1. The molecule has 0 radical (unpaired) electrons. The second-order valence-corrected chi connectivity index (χ2v) is 8.95. The van der Waals surface area contributed by atoms with E-state index in [0.29, 0.717) is 11.5 Å². The number of fused-ring (bicyclic) bond motifs is 1. The molecule has 1 saturated heterocycles. The highest BCUT2D eigenvalue weighted by molar-refractivity contribution is 6.47. The number of ether oxygens (including phenoxy) is 2. The Balaban J connectivity index is 1.43. The summed E-state index contributed by atoms with van der Waals surface area (Å²) < 4.78 is 11.1. The topological polar surface area (TPSA) is 142 Å². The fourth-order valence-electron chi connectivity index (χ4n) is 4.66. The van der Waals surface area contributed by atoms with Gasteiger partial charge in [0.25, 0.3) is 0 Å². The fourth-order valence-corrected chi connectivity index (χ4v) is 4.66. The molecule has 0 aromatic rings. The lowest BCUT2D eigenvalue weighted by Gasteiger charge is -2.35. The molecular formula is C20H31N5O5. The SMILES string of the molecule is CC(C)CC(=O)OC[C@H]1O[C@@H](N2CN=C3C2=NC=NC3(N)C2CCCC2)[C@H](O)[C@@H]1O. The fraction of sp³-hybridized carbons (Fsp3) is 0.800. The predicted molar refractivity (Wildman–Crippen MR) is 110 cm³/mol. The van der Waals surface area contributed by atoms with Crippen LogP contribution in [0.15, 0.2) is 15.0 Å². The van der Waals surface area contributed by atoms with Gasteiger partial charge in [-0.15, -0.1) is 0 Å². The number of hydrogen-bond acceptors (Lipinski definition) is 10. The first kappa shape index (κ1) is 21.4. The van der Waals surface area contributed by atoms with Gasteiger partial charge in [-0.25, -0.2) is 9.98 Å². The molecule has 4 rings (SSSR count).